The van der Waals surface area contributed by atoms with Crippen LogP contribution in [0.25, 0.3) is 0 Å². The fraction of sp³-hybridized carbons (Fsp3) is 0.571. The zero-order valence-electron chi connectivity index (χ0n) is 10.1. The summed E-state index contributed by atoms with van der Waals surface area (Å²) in [4.78, 5) is 0. The van der Waals surface area contributed by atoms with E-state index in [1.165, 1.54) is 5.56 Å². The number of aliphatic hydroxyl groups is 1. The second kappa shape index (κ2) is 4.22. The van der Waals surface area contributed by atoms with Gasteiger partial charge < -0.3 is 14.6 Å². The Morgan fingerprint density at radius 1 is 1.18 bits per heavy atom. The largest absolute Gasteiger partial charge is 0.489 e. The van der Waals surface area contributed by atoms with Crippen LogP contribution in [0.1, 0.15) is 37.0 Å². The Kier molecular flexibility index (Phi) is 2.71. The van der Waals surface area contributed by atoms with Crippen molar-refractivity contribution in [3.63, 3.8) is 0 Å². The zero-order valence-corrected chi connectivity index (χ0v) is 10.1. The van der Waals surface area contributed by atoms with Crippen LogP contribution in [0.15, 0.2) is 12.1 Å². The monoisotopic (exact) mass is 234 g/mol. The molecule has 2 aliphatic rings. The lowest BCUT2D eigenvalue weighted by Gasteiger charge is -2.22. The topological polar surface area (TPSA) is 38.7 Å². The van der Waals surface area contributed by atoms with Crippen LogP contribution in [0.4, 0.5) is 0 Å². The molecule has 0 spiro atoms. The first-order valence-corrected chi connectivity index (χ1v) is 6.34. The summed E-state index contributed by atoms with van der Waals surface area (Å²) in [7, 11) is 0. The lowest BCUT2D eigenvalue weighted by Crippen LogP contribution is -2.12. The van der Waals surface area contributed by atoms with Gasteiger partial charge in [-0.05, 0) is 42.5 Å². The molecule has 0 radical (unpaired) electrons. The van der Waals surface area contributed by atoms with Crippen molar-refractivity contribution in [1.82, 2.24) is 0 Å². The molecule has 0 fully saturated rings. The van der Waals surface area contributed by atoms with E-state index in [-0.39, 0.29) is 6.10 Å². The normalized spacial score (nSPS) is 27.2. The molecule has 1 heterocycles. The number of ether oxygens (including phenoxy) is 2. The molecule has 3 rings (SSSR count). The van der Waals surface area contributed by atoms with Gasteiger partial charge in [-0.2, -0.15) is 0 Å². The van der Waals surface area contributed by atoms with E-state index >= 15 is 0 Å². The summed E-state index contributed by atoms with van der Waals surface area (Å²) >= 11 is 0. The molecule has 2 atom stereocenters. The van der Waals surface area contributed by atoms with Gasteiger partial charge in [-0.25, -0.2) is 0 Å². The minimum absolute atomic E-state index is 0.340. The van der Waals surface area contributed by atoms with Gasteiger partial charge in [-0.15, -0.1) is 0 Å². The van der Waals surface area contributed by atoms with E-state index in [2.05, 4.69) is 6.92 Å². The van der Waals surface area contributed by atoms with Crippen LogP contribution in [-0.2, 0) is 6.42 Å². The Morgan fingerprint density at radius 2 is 1.88 bits per heavy atom. The Bertz CT molecular complexity index is 428. The molecule has 1 aliphatic carbocycles. The van der Waals surface area contributed by atoms with E-state index in [0.29, 0.717) is 19.1 Å². The lowest BCUT2D eigenvalue weighted by atomic mass is 9.89. The molecule has 1 aliphatic heterocycles. The Morgan fingerprint density at radius 3 is 2.65 bits per heavy atom. The Hall–Kier alpha value is -1.22. The molecular formula is C14H18O3. The highest BCUT2D eigenvalue weighted by atomic mass is 16.5. The first-order chi connectivity index (χ1) is 8.24. The summed E-state index contributed by atoms with van der Waals surface area (Å²) in [5, 5.41) is 9.99. The van der Waals surface area contributed by atoms with Crippen molar-refractivity contribution in [2.75, 3.05) is 13.2 Å². The van der Waals surface area contributed by atoms with Crippen molar-refractivity contribution >= 4 is 0 Å². The van der Waals surface area contributed by atoms with Crippen molar-refractivity contribution in [2.24, 2.45) is 5.92 Å². The van der Waals surface area contributed by atoms with Crippen LogP contribution in [0.5, 0.6) is 11.5 Å². The van der Waals surface area contributed by atoms with Gasteiger partial charge in [0.25, 0.3) is 0 Å². The van der Waals surface area contributed by atoms with E-state index in [4.69, 9.17) is 9.47 Å². The molecule has 1 aromatic carbocycles. The molecule has 0 amide bonds. The van der Waals surface area contributed by atoms with Crippen molar-refractivity contribution in [3.05, 3.63) is 23.3 Å². The number of aliphatic hydroxyl groups excluding tert-OH is 1. The lowest BCUT2D eigenvalue weighted by molar-refractivity contribution is 0.156. The summed E-state index contributed by atoms with van der Waals surface area (Å²) < 4.78 is 11.5. The minimum atomic E-state index is -0.340. The van der Waals surface area contributed by atoms with Crippen LogP contribution < -0.4 is 9.47 Å². The van der Waals surface area contributed by atoms with Crippen molar-refractivity contribution in [1.29, 1.82) is 0 Å². The number of fused-ring (bicyclic) bond motifs is 2. The summed E-state index contributed by atoms with van der Waals surface area (Å²) in [6.07, 6.45) is 2.58. The van der Waals surface area contributed by atoms with E-state index in [1.807, 2.05) is 12.1 Å². The van der Waals surface area contributed by atoms with E-state index in [9.17, 15) is 5.11 Å². The number of rotatable bonds is 0. The van der Waals surface area contributed by atoms with Crippen molar-refractivity contribution in [3.8, 4) is 11.5 Å². The van der Waals surface area contributed by atoms with Crippen molar-refractivity contribution < 1.29 is 14.6 Å². The summed E-state index contributed by atoms with van der Waals surface area (Å²) in [6.45, 7) is 3.50. The van der Waals surface area contributed by atoms with Crippen LogP contribution in [0.3, 0.4) is 0 Å². The smallest absolute Gasteiger partial charge is 0.161 e. The Labute approximate surface area is 101 Å². The quantitative estimate of drug-likeness (QED) is 0.749. The SMILES string of the molecule is CC1COc2cc3c(cc2OC1)C(O)CCC3. The third-order valence-electron chi connectivity index (χ3n) is 3.53. The molecular weight excluding hydrogens is 216 g/mol. The molecule has 0 saturated carbocycles. The standard InChI is InChI=1S/C14H18O3/c1-9-7-16-13-5-10-3-2-4-12(15)11(10)6-14(13)17-8-9/h5-6,9,12,15H,2-4,7-8H2,1H3. The highest BCUT2D eigenvalue weighted by molar-refractivity contribution is 5.49. The molecule has 17 heavy (non-hydrogen) atoms. The van der Waals surface area contributed by atoms with E-state index in [0.717, 1.165) is 36.3 Å². The molecule has 1 N–H and O–H groups in total. The summed E-state index contributed by atoms with van der Waals surface area (Å²) in [6, 6.07) is 4.01. The first kappa shape index (κ1) is 10.9. The number of hydrogen-bond acceptors (Lipinski definition) is 3. The highest BCUT2D eigenvalue weighted by Crippen LogP contribution is 2.39. The average Bonchev–Trinajstić information content (AvgIpc) is 2.51. The van der Waals surface area contributed by atoms with Crippen LogP contribution in [0.2, 0.25) is 0 Å². The zero-order chi connectivity index (χ0) is 11.8. The highest BCUT2D eigenvalue weighted by Gasteiger charge is 2.23. The van der Waals surface area contributed by atoms with Gasteiger partial charge in [-0.3, -0.25) is 0 Å². The maximum Gasteiger partial charge on any atom is 0.161 e. The predicted octanol–water partition coefficient (Wildman–Crippen LogP) is 2.46. The summed E-state index contributed by atoms with van der Waals surface area (Å²) in [5.74, 6) is 2.03. The van der Waals surface area contributed by atoms with Gasteiger partial charge in [0.2, 0.25) is 0 Å². The van der Waals surface area contributed by atoms with Gasteiger partial charge >= 0.3 is 0 Å². The maximum absolute atomic E-state index is 9.99. The predicted molar refractivity (Wildman–Crippen MR) is 64.5 cm³/mol. The van der Waals surface area contributed by atoms with E-state index < -0.39 is 0 Å². The van der Waals surface area contributed by atoms with Crippen LogP contribution in [-0.4, -0.2) is 18.3 Å². The van der Waals surface area contributed by atoms with Crippen molar-refractivity contribution in [2.45, 2.75) is 32.3 Å². The molecule has 2 unspecified atom stereocenters. The van der Waals surface area contributed by atoms with Crippen LogP contribution >= 0.6 is 0 Å². The van der Waals surface area contributed by atoms with Crippen LogP contribution in [0, 0.1) is 5.92 Å². The second-order valence-electron chi connectivity index (χ2n) is 5.13. The maximum atomic E-state index is 9.99. The molecule has 92 valence electrons. The minimum Gasteiger partial charge on any atom is -0.489 e. The van der Waals surface area contributed by atoms with Gasteiger partial charge in [0.05, 0.1) is 19.3 Å². The first-order valence-electron chi connectivity index (χ1n) is 6.34. The Balaban J connectivity index is 2.00. The van der Waals surface area contributed by atoms with Gasteiger partial charge in [0.1, 0.15) is 0 Å². The van der Waals surface area contributed by atoms with Gasteiger partial charge in [-0.1, -0.05) is 6.92 Å². The molecule has 0 bridgehead atoms. The number of hydrogen-bond donors (Lipinski definition) is 1. The molecule has 3 nitrogen and oxygen atoms in total. The molecule has 1 aromatic rings. The fourth-order valence-electron chi connectivity index (χ4n) is 2.52. The van der Waals surface area contributed by atoms with Gasteiger partial charge in [0.15, 0.2) is 11.5 Å². The number of aryl methyl sites for hydroxylation is 1. The van der Waals surface area contributed by atoms with E-state index in [1.54, 1.807) is 0 Å². The molecule has 0 aromatic heterocycles. The molecule has 0 saturated heterocycles. The number of benzene rings is 1. The van der Waals surface area contributed by atoms with Gasteiger partial charge in [0, 0.05) is 5.92 Å². The third kappa shape index (κ3) is 2.00. The average molecular weight is 234 g/mol. The fourth-order valence-corrected chi connectivity index (χ4v) is 2.52. The third-order valence-corrected chi connectivity index (χ3v) is 3.53. The second-order valence-corrected chi connectivity index (χ2v) is 5.13. The molecule has 3 heteroatoms. The summed E-state index contributed by atoms with van der Waals surface area (Å²) in [5.41, 5.74) is 2.23.